The third-order valence-corrected chi connectivity index (χ3v) is 5.68. The molecule has 112 valence electrons. The Balaban J connectivity index is 2.24. The summed E-state index contributed by atoms with van der Waals surface area (Å²) in [5, 5.41) is 3.09. The lowest BCUT2D eigenvalue weighted by Gasteiger charge is -2.17. The van der Waals surface area contributed by atoms with E-state index in [-0.39, 0.29) is 11.8 Å². The van der Waals surface area contributed by atoms with Gasteiger partial charge in [-0.3, -0.25) is 0 Å². The standard InChI is InChI=1S/C16H18BrNO2S/c1-12-3-5-13(6-4-12)16(18-2)11-21(19,20)15-9-7-14(17)8-10-15/h3-10,16,18H,11H2,1-2H3. The molecule has 0 heterocycles. The summed E-state index contributed by atoms with van der Waals surface area (Å²) in [4.78, 5) is 0.345. The molecular formula is C16H18BrNO2S. The highest BCUT2D eigenvalue weighted by atomic mass is 79.9. The van der Waals surface area contributed by atoms with Gasteiger partial charge in [-0.2, -0.15) is 0 Å². The van der Waals surface area contributed by atoms with Crippen molar-refractivity contribution in [3.05, 3.63) is 64.1 Å². The van der Waals surface area contributed by atoms with E-state index in [1.165, 1.54) is 0 Å². The molecule has 0 spiro atoms. The van der Waals surface area contributed by atoms with Crippen LogP contribution in [0.5, 0.6) is 0 Å². The van der Waals surface area contributed by atoms with E-state index in [0.717, 1.165) is 15.6 Å². The molecule has 0 radical (unpaired) electrons. The molecule has 21 heavy (non-hydrogen) atoms. The highest BCUT2D eigenvalue weighted by Gasteiger charge is 2.21. The fourth-order valence-electron chi connectivity index (χ4n) is 2.10. The number of benzene rings is 2. The van der Waals surface area contributed by atoms with Crippen molar-refractivity contribution in [2.45, 2.75) is 17.9 Å². The summed E-state index contributed by atoms with van der Waals surface area (Å²) < 4.78 is 25.9. The zero-order valence-electron chi connectivity index (χ0n) is 12.0. The van der Waals surface area contributed by atoms with E-state index < -0.39 is 9.84 Å². The summed E-state index contributed by atoms with van der Waals surface area (Å²) in [6, 6.07) is 14.4. The predicted octanol–water partition coefficient (Wildman–Crippen LogP) is 3.49. The first-order valence-electron chi connectivity index (χ1n) is 6.64. The summed E-state index contributed by atoms with van der Waals surface area (Å²) >= 11 is 3.31. The molecule has 3 nitrogen and oxygen atoms in total. The third-order valence-electron chi connectivity index (χ3n) is 3.39. The summed E-state index contributed by atoms with van der Waals surface area (Å²) in [6.07, 6.45) is 0. The van der Waals surface area contributed by atoms with Gasteiger partial charge in [-0.25, -0.2) is 8.42 Å². The second-order valence-electron chi connectivity index (χ2n) is 4.99. The molecule has 0 amide bonds. The molecule has 0 aliphatic heterocycles. The van der Waals surface area contributed by atoms with Crippen LogP contribution in [0.25, 0.3) is 0 Å². The van der Waals surface area contributed by atoms with Crippen molar-refractivity contribution in [3.8, 4) is 0 Å². The topological polar surface area (TPSA) is 46.2 Å². The summed E-state index contributed by atoms with van der Waals surface area (Å²) in [5.41, 5.74) is 2.13. The van der Waals surface area contributed by atoms with Crippen LogP contribution in [0.4, 0.5) is 0 Å². The van der Waals surface area contributed by atoms with Crippen molar-refractivity contribution >= 4 is 25.8 Å². The molecule has 2 aromatic carbocycles. The van der Waals surface area contributed by atoms with Crippen LogP contribution in [0.15, 0.2) is 57.9 Å². The first-order valence-corrected chi connectivity index (χ1v) is 9.09. The van der Waals surface area contributed by atoms with Crippen molar-refractivity contribution in [3.63, 3.8) is 0 Å². The molecule has 0 bridgehead atoms. The van der Waals surface area contributed by atoms with E-state index >= 15 is 0 Å². The first-order chi connectivity index (χ1) is 9.92. The molecule has 2 aromatic rings. The smallest absolute Gasteiger partial charge is 0.180 e. The molecule has 0 aliphatic rings. The Morgan fingerprint density at radius 2 is 1.62 bits per heavy atom. The Hall–Kier alpha value is -1.17. The van der Waals surface area contributed by atoms with Gasteiger partial charge >= 0.3 is 0 Å². The van der Waals surface area contributed by atoms with Gasteiger partial charge in [-0.1, -0.05) is 45.8 Å². The number of hydrogen-bond donors (Lipinski definition) is 1. The van der Waals surface area contributed by atoms with Crippen molar-refractivity contribution in [2.24, 2.45) is 0 Å². The number of sulfone groups is 1. The Kier molecular flexibility index (Phi) is 5.19. The molecule has 0 saturated heterocycles. The summed E-state index contributed by atoms with van der Waals surface area (Å²) in [5.74, 6) is 0.0359. The van der Waals surface area contributed by atoms with Gasteiger partial charge in [-0.15, -0.1) is 0 Å². The predicted molar refractivity (Wildman–Crippen MR) is 89.2 cm³/mol. The molecule has 0 aromatic heterocycles. The highest BCUT2D eigenvalue weighted by Crippen LogP contribution is 2.21. The molecule has 1 atom stereocenters. The van der Waals surface area contributed by atoms with E-state index in [4.69, 9.17) is 0 Å². The maximum atomic E-state index is 12.5. The molecule has 0 fully saturated rings. The quantitative estimate of drug-likeness (QED) is 0.879. The zero-order chi connectivity index (χ0) is 15.5. The molecule has 1 unspecified atom stereocenters. The summed E-state index contributed by atoms with van der Waals surface area (Å²) in [6.45, 7) is 2.01. The lowest BCUT2D eigenvalue weighted by molar-refractivity contribution is 0.574. The second kappa shape index (κ2) is 6.73. The van der Waals surface area contributed by atoms with E-state index in [2.05, 4.69) is 21.2 Å². The van der Waals surface area contributed by atoms with Gasteiger partial charge in [0.15, 0.2) is 9.84 Å². The molecule has 2 rings (SSSR count). The minimum atomic E-state index is -3.33. The van der Waals surface area contributed by atoms with Crippen LogP contribution in [-0.4, -0.2) is 21.2 Å². The highest BCUT2D eigenvalue weighted by molar-refractivity contribution is 9.10. The van der Waals surface area contributed by atoms with Gasteiger partial charge in [0.2, 0.25) is 0 Å². The van der Waals surface area contributed by atoms with Crippen LogP contribution in [0.3, 0.4) is 0 Å². The van der Waals surface area contributed by atoms with E-state index in [0.29, 0.717) is 4.90 Å². The number of hydrogen-bond acceptors (Lipinski definition) is 3. The monoisotopic (exact) mass is 367 g/mol. The van der Waals surface area contributed by atoms with Crippen LogP contribution in [0.2, 0.25) is 0 Å². The normalized spacial score (nSPS) is 13.1. The van der Waals surface area contributed by atoms with Crippen molar-refractivity contribution in [1.29, 1.82) is 0 Å². The largest absolute Gasteiger partial charge is 0.312 e. The fourth-order valence-corrected chi connectivity index (χ4v) is 3.91. The van der Waals surface area contributed by atoms with Crippen LogP contribution >= 0.6 is 15.9 Å². The minimum absolute atomic E-state index is 0.0359. The number of rotatable bonds is 5. The molecule has 5 heteroatoms. The Labute approximate surface area is 134 Å². The Bertz CT molecular complexity index is 694. The number of nitrogens with one attached hydrogen (secondary N) is 1. The van der Waals surface area contributed by atoms with Gasteiger partial charge in [0, 0.05) is 10.5 Å². The molecule has 1 N–H and O–H groups in total. The molecular weight excluding hydrogens is 350 g/mol. The van der Waals surface area contributed by atoms with Gasteiger partial charge in [0.25, 0.3) is 0 Å². The van der Waals surface area contributed by atoms with E-state index in [9.17, 15) is 8.42 Å². The van der Waals surface area contributed by atoms with Crippen LogP contribution in [-0.2, 0) is 9.84 Å². The first kappa shape index (κ1) is 16.2. The lowest BCUT2D eigenvalue weighted by Crippen LogP contribution is -2.25. The SMILES string of the molecule is CNC(CS(=O)(=O)c1ccc(Br)cc1)c1ccc(C)cc1. The Morgan fingerprint density at radius 1 is 1.05 bits per heavy atom. The Morgan fingerprint density at radius 3 is 2.14 bits per heavy atom. The third kappa shape index (κ3) is 4.15. The summed E-state index contributed by atoms with van der Waals surface area (Å²) in [7, 11) is -1.55. The van der Waals surface area contributed by atoms with E-state index in [1.54, 1.807) is 31.3 Å². The van der Waals surface area contributed by atoms with E-state index in [1.807, 2.05) is 31.2 Å². The maximum absolute atomic E-state index is 12.5. The average molecular weight is 368 g/mol. The second-order valence-corrected chi connectivity index (χ2v) is 7.94. The fraction of sp³-hybridized carbons (Fsp3) is 0.250. The van der Waals surface area contributed by atoms with Gasteiger partial charge in [0.1, 0.15) is 0 Å². The number of halogens is 1. The van der Waals surface area contributed by atoms with Crippen LogP contribution in [0.1, 0.15) is 17.2 Å². The van der Waals surface area contributed by atoms with Gasteiger partial charge in [-0.05, 0) is 43.8 Å². The van der Waals surface area contributed by atoms with Crippen LogP contribution < -0.4 is 5.32 Å². The number of aryl methyl sites for hydroxylation is 1. The van der Waals surface area contributed by atoms with Crippen molar-refractivity contribution in [1.82, 2.24) is 5.32 Å². The minimum Gasteiger partial charge on any atom is -0.312 e. The van der Waals surface area contributed by atoms with Crippen molar-refractivity contribution < 1.29 is 8.42 Å². The van der Waals surface area contributed by atoms with Gasteiger partial charge < -0.3 is 5.32 Å². The molecule has 0 saturated carbocycles. The average Bonchev–Trinajstić information content (AvgIpc) is 2.46. The van der Waals surface area contributed by atoms with Gasteiger partial charge in [0.05, 0.1) is 10.6 Å². The molecule has 0 aliphatic carbocycles. The van der Waals surface area contributed by atoms with Crippen molar-refractivity contribution in [2.75, 3.05) is 12.8 Å². The zero-order valence-corrected chi connectivity index (χ0v) is 14.4. The lowest BCUT2D eigenvalue weighted by atomic mass is 10.1. The maximum Gasteiger partial charge on any atom is 0.180 e. The van der Waals surface area contributed by atoms with Crippen LogP contribution in [0, 0.1) is 6.92 Å².